The zero-order chi connectivity index (χ0) is 12.0. The van der Waals surface area contributed by atoms with Crippen LogP contribution in [0.4, 0.5) is 0 Å². The number of pyridine rings is 1. The molecule has 0 fully saturated rings. The summed E-state index contributed by atoms with van der Waals surface area (Å²) in [5.41, 5.74) is 6.10. The van der Waals surface area contributed by atoms with Crippen molar-refractivity contribution < 1.29 is 4.79 Å². The molecular weight excluding hydrogens is 238 g/mol. The lowest BCUT2D eigenvalue weighted by molar-refractivity contribution is -0.126. The average molecular weight is 258 g/mol. The molecule has 1 atom stereocenters. The number of rotatable bonds is 5. The molecule has 4 nitrogen and oxygen atoms in total. The van der Waals surface area contributed by atoms with Gasteiger partial charge >= 0.3 is 0 Å². The van der Waals surface area contributed by atoms with Gasteiger partial charge in [-0.3, -0.25) is 9.78 Å². The quantitative estimate of drug-likeness (QED) is 0.843. The van der Waals surface area contributed by atoms with Crippen LogP contribution in [0, 0.1) is 0 Å². The molecule has 0 aliphatic rings. The van der Waals surface area contributed by atoms with Crippen molar-refractivity contribution in [2.75, 3.05) is 0 Å². The molecule has 5 heteroatoms. The average Bonchev–Trinajstić information content (AvgIpc) is 2.27. The number of carbonyl (C=O) groups is 1. The van der Waals surface area contributed by atoms with Gasteiger partial charge in [-0.25, -0.2) is 0 Å². The van der Waals surface area contributed by atoms with E-state index in [4.69, 9.17) is 5.73 Å². The molecule has 3 N–H and O–H groups in total. The minimum atomic E-state index is -0.781. The molecule has 1 heterocycles. The first-order valence-corrected chi connectivity index (χ1v) is 5.52. The molecule has 0 aliphatic heterocycles. The maximum Gasteiger partial charge on any atom is 0.240 e. The Bertz CT molecular complexity index is 341. The minimum Gasteiger partial charge on any atom is -0.350 e. The van der Waals surface area contributed by atoms with Crippen molar-refractivity contribution in [2.24, 2.45) is 5.73 Å². The van der Waals surface area contributed by atoms with Crippen LogP contribution in [-0.2, 0) is 11.3 Å². The Kier molecular flexibility index (Phi) is 6.76. The largest absolute Gasteiger partial charge is 0.350 e. The molecule has 1 rings (SSSR count). The predicted octanol–water partition coefficient (Wildman–Crippen LogP) is 1.64. The Morgan fingerprint density at radius 1 is 1.59 bits per heavy atom. The van der Waals surface area contributed by atoms with Crippen LogP contribution < -0.4 is 11.1 Å². The maximum absolute atomic E-state index is 11.8. The summed E-state index contributed by atoms with van der Waals surface area (Å²) in [6.45, 7) is 4.25. The molecule has 0 aliphatic carbocycles. The highest BCUT2D eigenvalue weighted by Gasteiger charge is 2.26. The van der Waals surface area contributed by atoms with Crippen molar-refractivity contribution >= 4 is 18.3 Å². The molecule has 0 spiro atoms. The maximum atomic E-state index is 11.8. The van der Waals surface area contributed by atoms with Crippen molar-refractivity contribution in [1.29, 1.82) is 0 Å². The first-order valence-electron chi connectivity index (χ1n) is 5.52. The zero-order valence-electron chi connectivity index (χ0n) is 10.3. The standard InChI is InChI=1S/C12H19N3O.ClH/c1-3-6-12(2,13)11(16)15-9-10-5-4-7-14-8-10;/h4-5,7-8H,3,6,9,13H2,1-2H3,(H,15,16);1H. The molecule has 96 valence electrons. The second-order valence-corrected chi connectivity index (χ2v) is 4.21. The van der Waals surface area contributed by atoms with Crippen LogP contribution in [0.2, 0.25) is 0 Å². The molecular formula is C12H20ClN3O. The van der Waals surface area contributed by atoms with Crippen LogP contribution in [0.25, 0.3) is 0 Å². The molecule has 0 bridgehead atoms. The van der Waals surface area contributed by atoms with E-state index in [-0.39, 0.29) is 18.3 Å². The van der Waals surface area contributed by atoms with E-state index in [0.717, 1.165) is 12.0 Å². The van der Waals surface area contributed by atoms with Crippen LogP contribution >= 0.6 is 12.4 Å². The second kappa shape index (κ2) is 7.25. The van der Waals surface area contributed by atoms with E-state index in [1.165, 1.54) is 0 Å². The third kappa shape index (κ3) is 5.15. The fourth-order valence-corrected chi connectivity index (χ4v) is 1.52. The van der Waals surface area contributed by atoms with Crippen molar-refractivity contribution in [3.8, 4) is 0 Å². The van der Waals surface area contributed by atoms with E-state index in [9.17, 15) is 4.79 Å². The Morgan fingerprint density at radius 2 is 2.29 bits per heavy atom. The van der Waals surface area contributed by atoms with Crippen LogP contribution in [0.15, 0.2) is 24.5 Å². The predicted molar refractivity (Wildman–Crippen MR) is 70.8 cm³/mol. The van der Waals surface area contributed by atoms with Crippen LogP contribution in [0.1, 0.15) is 32.3 Å². The normalized spacial score (nSPS) is 13.4. The van der Waals surface area contributed by atoms with Gasteiger partial charge in [0, 0.05) is 18.9 Å². The first-order chi connectivity index (χ1) is 7.56. The summed E-state index contributed by atoms with van der Waals surface area (Å²) in [4.78, 5) is 15.8. The highest BCUT2D eigenvalue weighted by atomic mass is 35.5. The van der Waals surface area contributed by atoms with E-state index in [2.05, 4.69) is 10.3 Å². The van der Waals surface area contributed by atoms with Gasteiger partial charge in [-0.2, -0.15) is 0 Å². The number of nitrogens with zero attached hydrogens (tertiary/aromatic N) is 1. The second-order valence-electron chi connectivity index (χ2n) is 4.21. The first kappa shape index (κ1) is 15.9. The summed E-state index contributed by atoms with van der Waals surface area (Å²) in [7, 11) is 0. The van der Waals surface area contributed by atoms with Gasteiger partial charge in [0.25, 0.3) is 0 Å². The number of carbonyl (C=O) groups excluding carboxylic acids is 1. The summed E-state index contributed by atoms with van der Waals surface area (Å²) >= 11 is 0. The van der Waals surface area contributed by atoms with E-state index < -0.39 is 5.54 Å². The highest BCUT2D eigenvalue weighted by Crippen LogP contribution is 2.08. The molecule has 1 amide bonds. The van der Waals surface area contributed by atoms with E-state index in [1.54, 1.807) is 19.3 Å². The van der Waals surface area contributed by atoms with Gasteiger partial charge < -0.3 is 11.1 Å². The third-order valence-electron chi connectivity index (χ3n) is 2.46. The molecule has 0 radical (unpaired) electrons. The third-order valence-corrected chi connectivity index (χ3v) is 2.46. The summed E-state index contributed by atoms with van der Waals surface area (Å²) in [5.74, 6) is -0.113. The molecule has 1 aromatic heterocycles. The smallest absolute Gasteiger partial charge is 0.240 e. The summed E-state index contributed by atoms with van der Waals surface area (Å²) in [6.07, 6.45) is 5.02. The van der Waals surface area contributed by atoms with Crippen molar-refractivity contribution in [2.45, 2.75) is 38.8 Å². The Morgan fingerprint density at radius 3 is 2.82 bits per heavy atom. The SMILES string of the molecule is CCCC(C)(N)C(=O)NCc1cccnc1.Cl. The lowest BCUT2D eigenvalue weighted by atomic mass is 9.96. The molecule has 17 heavy (non-hydrogen) atoms. The van der Waals surface area contributed by atoms with Gasteiger partial charge in [-0.15, -0.1) is 12.4 Å². The summed E-state index contributed by atoms with van der Waals surface area (Å²) < 4.78 is 0. The number of hydrogen-bond acceptors (Lipinski definition) is 3. The lowest BCUT2D eigenvalue weighted by Gasteiger charge is -2.22. The Labute approximate surface area is 108 Å². The fourth-order valence-electron chi connectivity index (χ4n) is 1.52. The number of hydrogen-bond donors (Lipinski definition) is 2. The molecule has 0 aromatic carbocycles. The Balaban J connectivity index is 0.00000256. The molecule has 1 aromatic rings. The number of nitrogens with two attached hydrogens (primary N) is 1. The van der Waals surface area contributed by atoms with Gasteiger partial charge in [0.2, 0.25) is 5.91 Å². The molecule has 1 unspecified atom stereocenters. The van der Waals surface area contributed by atoms with Crippen molar-refractivity contribution in [3.63, 3.8) is 0 Å². The van der Waals surface area contributed by atoms with Crippen molar-refractivity contribution in [3.05, 3.63) is 30.1 Å². The number of aromatic nitrogens is 1. The van der Waals surface area contributed by atoms with Crippen molar-refractivity contribution in [1.82, 2.24) is 10.3 Å². The van der Waals surface area contributed by atoms with E-state index in [1.807, 2.05) is 19.1 Å². The van der Waals surface area contributed by atoms with Crippen LogP contribution in [0.3, 0.4) is 0 Å². The van der Waals surface area contributed by atoms with Crippen LogP contribution in [-0.4, -0.2) is 16.4 Å². The van der Waals surface area contributed by atoms with Gasteiger partial charge in [0.1, 0.15) is 0 Å². The van der Waals surface area contributed by atoms with Gasteiger partial charge in [-0.1, -0.05) is 19.4 Å². The number of nitrogens with one attached hydrogen (secondary N) is 1. The van der Waals surface area contributed by atoms with Gasteiger partial charge in [-0.05, 0) is 25.0 Å². The Hall–Kier alpha value is -1.13. The lowest BCUT2D eigenvalue weighted by Crippen LogP contribution is -2.51. The van der Waals surface area contributed by atoms with Crippen LogP contribution in [0.5, 0.6) is 0 Å². The molecule has 0 saturated carbocycles. The van der Waals surface area contributed by atoms with E-state index >= 15 is 0 Å². The summed E-state index contributed by atoms with van der Waals surface area (Å²) in [5, 5.41) is 2.82. The number of amides is 1. The summed E-state index contributed by atoms with van der Waals surface area (Å²) in [6, 6.07) is 3.76. The van der Waals surface area contributed by atoms with Gasteiger partial charge in [0.15, 0.2) is 0 Å². The monoisotopic (exact) mass is 257 g/mol. The number of halogens is 1. The molecule has 0 saturated heterocycles. The minimum absolute atomic E-state index is 0. The zero-order valence-corrected chi connectivity index (χ0v) is 11.1. The topological polar surface area (TPSA) is 68.0 Å². The highest BCUT2D eigenvalue weighted by molar-refractivity contribution is 5.85. The van der Waals surface area contributed by atoms with Gasteiger partial charge in [0.05, 0.1) is 5.54 Å². The van der Waals surface area contributed by atoms with E-state index in [0.29, 0.717) is 13.0 Å². The fraction of sp³-hybridized carbons (Fsp3) is 0.500.